The lowest BCUT2D eigenvalue weighted by Crippen LogP contribution is -2.04. The number of rotatable bonds is 3. The normalized spacial score (nSPS) is 12.6. The molecule has 23 heavy (non-hydrogen) atoms. The van der Waals surface area contributed by atoms with Crippen LogP contribution >= 0.6 is 11.3 Å². The molecule has 0 aliphatic heterocycles. The molecule has 1 atom stereocenters. The molecule has 8 heteroatoms. The number of thiophene rings is 1. The first kappa shape index (κ1) is 14.2. The highest BCUT2D eigenvalue weighted by molar-refractivity contribution is 7.84. The zero-order valence-corrected chi connectivity index (χ0v) is 13.7. The summed E-state index contributed by atoms with van der Waals surface area (Å²) in [4.78, 5) is 10.7. The van der Waals surface area contributed by atoms with Crippen molar-refractivity contribution in [2.45, 2.75) is 5.16 Å². The minimum atomic E-state index is -1.25. The van der Waals surface area contributed by atoms with Gasteiger partial charge in [0.15, 0.2) is 5.82 Å². The second-order valence-electron chi connectivity index (χ2n) is 4.83. The molecule has 0 amide bonds. The lowest BCUT2D eigenvalue weighted by atomic mass is 10.2. The summed E-state index contributed by atoms with van der Waals surface area (Å²) in [6.07, 6.45) is 4.60. The highest BCUT2D eigenvalue weighted by Crippen LogP contribution is 2.34. The number of hydrogen-bond donors (Lipinski definition) is 0. The molecule has 0 aliphatic rings. The quantitative estimate of drug-likeness (QED) is 0.573. The van der Waals surface area contributed by atoms with Gasteiger partial charge in [-0.1, -0.05) is 30.3 Å². The third kappa shape index (κ3) is 2.45. The summed E-state index contributed by atoms with van der Waals surface area (Å²) in [6.45, 7) is 0. The minimum absolute atomic E-state index is 0.373. The van der Waals surface area contributed by atoms with Crippen LogP contribution in [0.4, 0.5) is 0 Å². The molecule has 0 fully saturated rings. The van der Waals surface area contributed by atoms with E-state index in [9.17, 15) is 4.21 Å². The highest BCUT2D eigenvalue weighted by atomic mass is 32.2. The van der Waals surface area contributed by atoms with Crippen LogP contribution in [0.3, 0.4) is 0 Å². The van der Waals surface area contributed by atoms with Crippen LogP contribution < -0.4 is 0 Å². The molecule has 0 saturated heterocycles. The molecule has 6 nitrogen and oxygen atoms in total. The van der Waals surface area contributed by atoms with Crippen LogP contribution in [0.5, 0.6) is 0 Å². The fourth-order valence-electron chi connectivity index (χ4n) is 2.35. The minimum Gasteiger partial charge on any atom is -0.257 e. The molecule has 3 heterocycles. The average Bonchev–Trinajstić information content (AvgIpc) is 3.22. The van der Waals surface area contributed by atoms with Crippen LogP contribution in [0.15, 0.2) is 54.2 Å². The van der Waals surface area contributed by atoms with Gasteiger partial charge in [0.2, 0.25) is 5.16 Å². The molecule has 4 rings (SSSR count). The molecule has 0 aliphatic carbocycles. The Labute approximate surface area is 138 Å². The predicted molar refractivity (Wildman–Crippen MR) is 90.1 cm³/mol. The van der Waals surface area contributed by atoms with E-state index >= 15 is 0 Å². The fourth-order valence-corrected chi connectivity index (χ4v) is 3.92. The maximum Gasteiger partial charge on any atom is 0.226 e. The Kier molecular flexibility index (Phi) is 3.47. The van der Waals surface area contributed by atoms with E-state index in [1.807, 2.05) is 24.3 Å². The lowest BCUT2D eigenvalue weighted by molar-refractivity contribution is 0.675. The summed E-state index contributed by atoms with van der Waals surface area (Å²) in [5, 5.41) is 9.04. The highest BCUT2D eigenvalue weighted by Gasteiger charge is 2.16. The molecule has 1 aromatic carbocycles. The van der Waals surface area contributed by atoms with Crippen molar-refractivity contribution in [3.05, 3.63) is 49.1 Å². The van der Waals surface area contributed by atoms with Gasteiger partial charge in [-0.25, -0.2) is 9.97 Å². The number of fused-ring (bicyclic) bond motifs is 1. The van der Waals surface area contributed by atoms with Crippen LogP contribution in [0.25, 0.3) is 26.5 Å². The van der Waals surface area contributed by atoms with Gasteiger partial charge in [0.1, 0.15) is 17.5 Å². The third-order valence-electron chi connectivity index (χ3n) is 3.37. The van der Waals surface area contributed by atoms with E-state index in [2.05, 4.69) is 32.3 Å². The van der Waals surface area contributed by atoms with E-state index in [4.69, 9.17) is 0 Å². The molecular weight excluding hydrogens is 330 g/mol. The number of benzene rings is 1. The number of hydrogen-bond acceptors (Lipinski definition) is 6. The summed E-state index contributed by atoms with van der Waals surface area (Å²) in [6, 6.07) is 12.2. The zero-order valence-electron chi connectivity index (χ0n) is 12.1. The number of aromatic nitrogens is 5. The molecule has 0 saturated carbocycles. The number of nitrogens with zero attached hydrogens (tertiary/aromatic N) is 5. The topological polar surface area (TPSA) is 73.6 Å². The van der Waals surface area contributed by atoms with Gasteiger partial charge >= 0.3 is 0 Å². The fraction of sp³-hybridized carbons (Fsp3) is 0.0667. The van der Waals surface area contributed by atoms with Crippen LogP contribution in [0.1, 0.15) is 0 Å². The van der Waals surface area contributed by atoms with Gasteiger partial charge in [0.05, 0.1) is 16.2 Å². The summed E-state index contributed by atoms with van der Waals surface area (Å²) < 4.78 is 13.5. The summed E-state index contributed by atoms with van der Waals surface area (Å²) in [7, 11) is -1.25. The van der Waals surface area contributed by atoms with Crippen molar-refractivity contribution in [3.63, 3.8) is 0 Å². The second kappa shape index (κ2) is 5.64. The summed E-state index contributed by atoms with van der Waals surface area (Å²) in [5.74, 6) is 0.642. The Balaban J connectivity index is 1.93. The van der Waals surface area contributed by atoms with Gasteiger partial charge in [0.25, 0.3) is 0 Å². The van der Waals surface area contributed by atoms with Gasteiger partial charge in [0, 0.05) is 11.1 Å². The molecule has 0 spiro atoms. The summed E-state index contributed by atoms with van der Waals surface area (Å²) >= 11 is 1.59. The Bertz CT molecular complexity index is 1010. The molecule has 1 unspecified atom stereocenters. The molecule has 114 valence electrons. The standard InChI is InChI=1S/C15H11N5OS2/c1-23(21)15-19-18-9-20(15)13-11-7-12(10-5-3-2-4-6-10)22-14(11)17-8-16-13/h2-9H,1H3. The van der Waals surface area contributed by atoms with E-state index in [-0.39, 0.29) is 0 Å². The van der Waals surface area contributed by atoms with Crippen molar-refractivity contribution in [1.29, 1.82) is 0 Å². The Morgan fingerprint density at radius 2 is 2.00 bits per heavy atom. The van der Waals surface area contributed by atoms with Gasteiger partial charge in [-0.15, -0.1) is 21.5 Å². The average molecular weight is 341 g/mol. The Morgan fingerprint density at radius 1 is 1.17 bits per heavy atom. The summed E-state index contributed by atoms with van der Waals surface area (Å²) in [5.41, 5.74) is 1.13. The van der Waals surface area contributed by atoms with E-state index in [1.54, 1.807) is 22.2 Å². The zero-order chi connectivity index (χ0) is 15.8. The van der Waals surface area contributed by atoms with E-state index in [1.165, 1.54) is 12.7 Å². The van der Waals surface area contributed by atoms with Gasteiger partial charge in [-0.3, -0.25) is 8.78 Å². The van der Waals surface area contributed by atoms with Crippen LogP contribution in [-0.4, -0.2) is 35.2 Å². The predicted octanol–water partition coefficient (Wildman–Crippen LogP) is 2.68. The molecular formula is C15H11N5OS2. The maximum absolute atomic E-state index is 11.8. The second-order valence-corrected chi connectivity index (χ2v) is 7.13. The smallest absolute Gasteiger partial charge is 0.226 e. The molecule has 0 N–H and O–H groups in total. The SMILES string of the molecule is CS(=O)c1nncn1-c1ncnc2sc(-c3ccccc3)cc12. The van der Waals surface area contributed by atoms with E-state index in [0.717, 1.165) is 20.7 Å². The first-order chi connectivity index (χ1) is 11.2. The Hall–Kier alpha value is -2.45. The van der Waals surface area contributed by atoms with E-state index < -0.39 is 10.8 Å². The van der Waals surface area contributed by atoms with Crippen molar-refractivity contribution in [3.8, 4) is 16.3 Å². The van der Waals surface area contributed by atoms with E-state index in [0.29, 0.717) is 11.0 Å². The monoisotopic (exact) mass is 341 g/mol. The molecule has 0 bridgehead atoms. The molecule has 0 radical (unpaired) electrons. The van der Waals surface area contributed by atoms with Crippen LogP contribution in [0, 0.1) is 0 Å². The lowest BCUT2D eigenvalue weighted by Gasteiger charge is -2.04. The first-order valence-corrected chi connectivity index (χ1v) is 9.15. The van der Waals surface area contributed by atoms with Crippen LogP contribution in [0.2, 0.25) is 0 Å². The van der Waals surface area contributed by atoms with Crippen molar-refractivity contribution in [2.75, 3.05) is 6.26 Å². The molecule has 4 aromatic rings. The third-order valence-corrected chi connectivity index (χ3v) is 5.25. The van der Waals surface area contributed by atoms with Crippen molar-refractivity contribution in [2.24, 2.45) is 0 Å². The molecule has 3 aromatic heterocycles. The van der Waals surface area contributed by atoms with Gasteiger partial charge in [-0.05, 0) is 11.6 Å². The van der Waals surface area contributed by atoms with Gasteiger partial charge in [-0.2, -0.15) is 0 Å². The maximum atomic E-state index is 11.8. The van der Waals surface area contributed by atoms with Crippen molar-refractivity contribution in [1.82, 2.24) is 24.7 Å². The van der Waals surface area contributed by atoms with Crippen LogP contribution in [-0.2, 0) is 10.8 Å². The van der Waals surface area contributed by atoms with Crippen molar-refractivity contribution >= 4 is 32.4 Å². The first-order valence-electron chi connectivity index (χ1n) is 6.78. The van der Waals surface area contributed by atoms with Gasteiger partial charge < -0.3 is 0 Å². The largest absolute Gasteiger partial charge is 0.257 e. The Morgan fingerprint density at radius 3 is 2.78 bits per heavy atom. The van der Waals surface area contributed by atoms with Crippen molar-refractivity contribution < 1.29 is 4.21 Å².